The van der Waals surface area contributed by atoms with Crippen LogP contribution in [0.5, 0.6) is 0 Å². The van der Waals surface area contributed by atoms with Crippen LogP contribution in [0, 0.1) is 12.3 Å². The second kappa shape index (κ2) is 4.29. The topological polar surface area (TPSA) is 37.3 Å². The standard InChI is InChI=1S/C10H16O2Si/c1-6-7-9(13(3,4)5)8(2)10(11)12/h1H,7H2,2-5H3,(H,11,12). The molecular formula is C10H16O2Si. The molecule has 0 aromatic heterocycles. The molecule has 0 atom stereocenters. The van der Waals surface area contributed by atoms with Crippen LogP contribution in [0.4, 0.5) is 0 Å². The van der Waals surface area contributed by atoms with Crippen LogP contribution in [0.15, 0.2) is 10.8 Å². The molecule has 0 unspecified atom stereocenters. The lowest BCUT2D eigenvalue weighted by molar-refractivity contribution is -0.132. The lowest BCUT2D eigenvalue weighted by Crippen LogP contribution is -2.26. The predicted octanol–water partition coefficient (Wildman–Crippen LogP) is 2.29. The maximum Gasteiger partial charge on any atom is 0.330 e. The minimum absolute atomic E-state index is 0.428. The third-order valence-electron chi connectivity index (χ3n) is 1.96. The number of aliphatic carboxylic acids is 1. The second-order valence-corrected chi connectivity index (χ2v) is 9.14. The molecule has 0 aromatic rings. The molecule has 0 fully saturated rings. The van der Waals surface area contributed by atoms with Crippen LogP contribution in [0.2, 0.25) is 19.6 Å². The molecule has 0 aromatic carbocycles. The largest absolute Gasteiger partial charge is 0.478 e. The van der Waals surface area contributed by atoms with E-state index >= 15 is 0 Å². The first-order chi connectivity index (χ1) is 5.80. The number of carboxylic acids is 1. The molecule has 0 spiro atoms. The Morgan fingerprint density at radius 3 is 2.15 bits per heavy atom. The quantitative estimate of drug-likeness (QED) is 0.427. The van der Waals surface area contributed by atoms with Crippen molar-refractivity contribution >= 4 is 14.0 Å². The first kappa shape index (κ1) is 12.0. The number of rotatable bonds is 3. The second-order valence-electron chi connectivity index (χ2n) is 4.04. The molecular weight excluding hydrogens is 180 g/mol. The Hall–Kier alpha value is -1.01. The van der Waals surface area contributed by atoms with Gasteiger partial charge in [-0.2, -0.15) is 0 Å². The molecule has 0 saturated carbocycles. The molecule has 0 heterocycles. The molecule has 3 heteroatoms. The molecule has 13 heavy (non-hydrogen) atoms. The van der Waals surface area contributed by atoms with E-state index in [0.29, 0.717) is 12.0 Å². The molecule has 0 aliphatic carbocycles. The summed E-state index contributed by atoms with van der Waals surface area (Å²) in [5.74, 6) is 1.67. The molecule has 1 N–H and O–H groups in total. The zero-order valence-corrected chi connectivity index (χ0v) is 9.64. The van der Waals surface area contributed by atoms with Crippen LogP contribution in [-0.2, 0) is 4.79 Å². The average molecular weight is 196 g/mol. The van der Waals surface area contributed by atoms with Crippen molar-refractivity contribution in [1.82, 2.24) is 0 Å². The maximum absolute atomic E-state index is 10.8. The summed E-state index contributed by atoms with van der Waals surface area (Å²) in [4.78, 5) is 10.8. The molecule has 0 bridgehead atoms. The maximum atomic E-state index is 10.8. The first-order valence-electron chi connectivity index (χ1n) is 4.17. The van der Waals surface area contributed by atoms with Crippen molar-refractivity contribution in [3.8, 4) is 12.3 Å². The zero-order chi connectivity index (χ0) is 10.6. The van der Waals surface area contributed by atoms with Crippen molar-refractivity contribution in [2.24, 2.45) is 0 Å². The molecule has 0 radical (unpaired) electrons. The molecule has 0 amide bonds. The third-order valence-corrected chi connectivity index (χ3v) is 4.32. The van der Waals surface area contributed by atoms with Crippen molar-refractivity contribution in [3.63, 3.8) is 0 Å². The summed E-state index contributed by atoms with van der Waals surface area (Å²) in [6, 6.07) is 0. The molecule has 0 rings (SSSR count). The molecule has 0 saturated heterocycles. The van der Waals surface area contributed by atoms with Gasteiger partial charge < -0.3 is 5.11 Å². The number of hydrogen-bond donors (Lipinski definition) is 1. The number of carboxylic acid groups (broad SMARTS) is 1. The molecule has 72 valence electrons. The summed E-state index contributed by atoms with van der Waals surface area (Å²) in [5, 5.41) is 9.80. The van der Waals surface area contributed by atoms with Gasteiger partial charge in [0, 0.05) is 12.0 Å². The highest BCUT2D eigenvalue weighted by molar-refractivity contribution is 6.83. The molecule has 0 aliphatic rings. The zero-order valence-electron chi connectivity index (χ0n) is 8.64. The summed E-state index contributed by atoms with van der Waals surface area (Å²) in [6.07, 6.45) is 5.68. The van der Waals surface area contributed by atoms with E-state index in [4.69, 9.17) is 11.5 Å². The summed E-state index contributed by atoms with van der Waals surface area (Å²) >= 11 is 0. The summed E-state index contributed by atoms with van der Waals surface area (Å²) in [5.41, 5.74) is 0.428. The van der Waals surface area contributed by atoms with Crippen molar-refractivity contribution in [2.45, 2.75) is 33.0 Å². The average Bonchev–Trinajstić information content (AvgIpc) is 1.96. The van der Waals surface area contributed by atoms with E-state index in [0.717, 1.165) is 5.20 Å². The fourth-order valence-electron chi connectivity index (χ4n) is 1.19. The highest BCUT2D eigenvalue weighted by Gasteiger charge is 2.23. The van der Waals surface area contributed by atoms with Crippen molar-refractivity contribution < 1.29 is 9.90 Å². The van der Waals surface area contributed by atoms with Crippen LogP contribution >= 0.6 is 0 Å². The minimum Gasteiger partial charge on any atom is -0.478 e. The SMILES string of the molecule is C#CCC(=C(C)C(=O)O)[Si](C)(C)C. The summed E-state index contributed by atoms with van der Waals surface area (Å²) in [7, 11) is -1.58. The first-order valence-corrected chi connectivity index (χ1v) is 7.67. The van der Waals surface area contributed by atoms with Crippen molar-refractivity contribution in [1.29, 1.82) is 0 Å². The Morgan fingerprint density at radius 1 is 1.46 bits per heavy atom. The highest BCUT2D eigenvalue weighted by Crippen LogP contribution is 2.21. The third kappa shape index (κ3) is 3.47. The Bertz CT molecular complexity index is 276. The lowest BCUT2D eigenvalue weighted by Gasteiger charge is -2.20. The van der Waals surface area contributed by atoms with Gasteiger partial charge in [-0.25, -0.2) is 4.79 Å². The fourth-order valence-corrected chi connectivity index (χ4v) is 3.06. The van der Waals surface area contributed by atoms with Gasteiger partial charge in [0.05, 0.1) is 8.07 Å². The normalized spacial score (nSPS) is 13.2. The van der Waals surface area contributed by atoms with E-state index in [-0.39, 0.29) is 0 Å². The van der Waals surface area contributed by atoms with Crippen molar-refractivity contribution in [3.05, 3.63) is 10.8 Å². The Balaban J connectivity index is 5.15. The van der Waals surface area contributed by atoms with Gasteiger partial charge in [-0.05, 0) is 6.92 Å². The van der Waals surface area contributed by atoms with Crippen LogP contribution in [0.25, 0.3) is 0 Å². The van der Waals surface area contributed by atoms with Crippen LogP contribution in [-0.4, -0.2) is 19.1 Å². The fraction of sp³-hybridized carbons (Fsp3) is 0.500. The van der Waals surface area contributed by atoms with Gasteiger partial charge in [-0.1, -0.05) is 24.8 Å². The summed E-state index contributed by atoms with van der Waals surface area (Å²) < 4.78 is 0. The predicted molar refractivity (Wildman–Crippen MR) is 57.1 cm³/mol. The lowest BCUT2D eigenvalue weighted by atomic mass is 10.2. The van der Waals surface area contributed by atoms with Gasteiger partial charge in [0.2, 0.25) is 0 Å². The van der Waals surface area contributed by atoms with E-state index in [1.54, 1.807) is 6.92 Å². The molecule has 2 nitrogen and oxygen atoms in total. The Morgan fingerprint density at radius 2 is 1.92 bits per heavy atom. The van der Waals surface area contributed by atoms with Crippen LogP contribution < -0.4 is 0 Å². The van der Waals surface area contributed by atoms with Crippen molar-refractivity contribution in [2.75, 3.05) is 0 Å². The minimum atomic E-state index is -1.58. The van der Waals surface area contributed by atoms with Gasteiger partial charge in [-0.3, -0.25) is 0 Å². The van der Waals surface area contributed by atoms with Gasteiger partial charge >= 0.3 is 5.97 Å². The number of terminal acetylenes is 1. The number of carbonyl (C=O) groups is 1. The van der Waals surface area contributed by atoms with Gasteiger partial charge in [-0.15, -0.1) is 12.3 Å². The monoisotopic (exact) mass is 196 g/mol. The number of allylic oxidation sites excluding steroid dienone is 1. The van der Waals surface area contributed by atoms with E-state index in [1.165, 1.54) is 0 Å². The molecule has 0 aliphatic heterocycles. The van der Waals surface area contributed by atoms with Crippen LogP contribution in [0.3, 0.4) is 0 Å². The van der Waals surface area contributed by atoms with E-state index in [2.05, 4.69) is 25.6 Å². The van der Waals surface area contributed by atoms with Gasteiger partial charge in [0.15, 0.2) is 0 Å². The van der Waals surface area contributed by atoms with E-state index < -0.39 is 14.0 Å². The van der Waals surface area contributed by atoms with Gasteiger partial charge in [0.1, 0.15) is 0 Å². The Kier molecular flexibility index (Phi) is 3.95. The summed E-state index contributed by atoms with van der Waals surface area (Å²) in [6.45, 7) is 7.94. The van der Waals surface area contributed by atoms with Gasteiger partial charge in [0.25, 0.3) is 0 Å². The Labute approximate surface area is 80.7 Å². The van der Waals surface area contributed by atoms with E-state index in [9.17, 15) is 4.79 Å². The number of hydrogen-bond acceptors (Lipinski definition) is 1. The van der Waals surface area contributed by atoms with E-state index in [1.807, 2.05) is 0 Å². The van der Waals surface area contributed by atoms with Crippen LogP contribution in [0.1, 0.15) is 13.3 Å². The highest BCUT2D eigenvalue weighted by atomic mass is 28.3. The smallest absolute Gasteiger partial charge is 0.330 e.